The Balaban J connectivity index is 0.000000180. The summed E-state index contributed by atoms with van der Waals surface area (Å²) in [7, 11) is 0. The lowest BCUT2D eigenvalue weighted by atomic mass is 10.1. The number of anilines is 2. The molecule has 0 saturated heterocycles. The summed E-state index contributed by atoms with van der Waals surface area (Å²) in [6.07, 6.45) is 7.36. The molecule has 0 aliphatic heterocycles. The van der Waals surface area contributed by atoms with Gasteiger partial charge >= 0.3 is 6.09 Å². The highest BCUT2D eigenvalue weighted by molar-refractivity contribution is 7.12. The number of nitrogens with one attached hydrogen (secondary N) is 3. The topological polar surface area (TPSA) is 145 Å². The maximum atomic E-state index is 12.1. The summed E-state index contributed by atoms with van der Waals surface area (Å²) in [5, 5.41) is 14.4. The second-order valence-corrected chi connectivity index (χ2v) is 14.2. The lowest BCUT2D eigenvalue weighted by molar-refractivity contribution is 0.103. The Morgan fingerprint density at radius 3 is 1.68 bits per heavy atom. The zero-order chi connectivity index (χ0) is 40.7. The minimum absolute atomic E-state index is 0.0819. The fourth-order valence-electron chi connectivity index (χ4n) is 6.23. The molecule has 12 heteroatoms. The largest absolute Gasteiger partial charge is 0.493 e. The van der Waals surface area contributed by atoms with Crippen LogP contribution in [0.25, 0.3) is 22.5 Å². The molecule has 11 nitrogen and oxygen atoms in total. The van der Waals surface area contributed by atoms with Crippen molar-refractivity contribution in [1.82, 2.24) is 19.9 Å². The monoisotopic (exact) mass is 802 g/mol. The Labute approximate surface area is 346 Å². The van der Waals surface area contributed by atoms with Crippen LogP contribution in [0.1, 0.15) is 26.4 Å². The van der Waals surface area contributed by atoms with Crippen LogP contribution in [0.2, 0.25) is 0 Å². The highest BCUT2D eigenvalue weighted by Gasteiger charge is 2.15. The number of hydrogen-bond donors (Lipinski definition) is 4. The van der Waals surface area contributed by atoms with Gasteiger partial charge in [-0.1, -0.05) is 84.9 Å². The number of nitrogens with zero attached hydrogens (tertiary/aromatic N) is 3. The first-order valence-corrected chi connectivity index (χ1v) is 19.9. The predicted molar refractivity (Wildman–Crippen MR) is 232 cm³/mol. The Morgan fingerprint density at radius 2 is 1.17 bits per heavy atom. The molecule has 4 N–H and O–H groups in total. The van der Waals surface area contributed by atoms with Gasteiger partial charge in [0.05, 0.1) is 61.1 Å². The van der Waals surface area contributed by atoms with Crippen LogP contribution >= 0.6 is 11.3 Å². The average Bonchev–Trinajstić information content (AvgIpc) is 4.11. The molecule has 0 atom stereocenters. The van der Waals surface area contributed by atoms with Crippen LogP contribution < -0.4 is 19.7 Å². The number of aromatic nitrogens is 4. The number of imidazole rings is 2. The summed E-state index contributed by atoms with van der Waals surface area (Å²) in [6, 6.07) is 44.4. The zero-order valence-electron chi connectivity index (χ0n) is 32.0. The molecule has 8 rings (SSSR count). The van der Waals surface area contributed by atoms with E-state index < -0.39 is 6.09 Å². The number of carboxylic acid groups (broad SMARTS) is 1. The lowest BCUT2D eigenvalue weighted by Gasteiger charge is -2.20. The summed E-state index contributed by atoms with van der Waals surface area (Å²) in [5.74, 6) is 1.54. The van der Waals surface area contributed by atoms with Gasteiger partial charge in [0.1, 0.15) is 11.5 Å². The summed E-state index contributed by atoms with van der Waals surface area (Å²) in [4.78, 5) is 40.2. The van der Waals surface area contributed by atoms with Crippen LogP contribution in [-0.2, 0) is 19.4 Å². The van der Waals surface area contributed by atoms with Gasteiger partial charge in [-0.3, -0.25) is 9.69 Å². The molecule has 0 bridgehead atoms. The molecule has 0 fully saturated rings. The van der Waals surface area contributed by atoms with Gasteiger partial charge in [0.25, 0.3) is 5.91 Å². The normalized spacial score (nSPS) is 10.6. The number of thiophene rings is 1. The Kier molecular flexibility index (Phi) is 13.6. The maximum Gasteiger partial charge on any atom is 0.412 e. The van der Waals surface area contributed by atoms with E-state index in [1.807, 2.05) is 145 Å². The molecule has 3 heterocycles. The van der Waals surface area contributed by atoms with E-state index >= 15 is 0 Å². The molecule has 8 aromatic rings. The van der Waals surface area contributed by atoms with Gasteiger partial charge in [-0.2, -0.15) is 0 Å². The first-order valence-electron chi connectivity index (χ1n) is 19.0. The van der Waals surface area contributed by atoms with Crippen molar-refractivity contribution in [3.05, 3.63) is 192 Å². The van der Waals surface area contributed by atoms with E-state index in [0.717, 1.165) is 62.8 Å². The number of carbonyl (C=O) groups is 2. The van der Waals surface area contributed by atoms with E-state index in [4.69, 9.17) is 9.47 Å². The SMILES string of the molecule is O=C(Nc1ccc(CCOc2ccccc2-c2cnc[nH]2)cc1)c1cccs1.O=C(O)N(Cc1ccccc1)c1ccc(CCOc2ccccc2-c2cnc[nH]2)cc1. The van der Waals surface area contributed by atoms with Gasteiger partial charge in [0.15, 0.2) is 0 Å². The van der Waals surface area contributed by atoms with Crippen molar-refractivity contribution in [1.29, 1.82) is 0 Å². The number of amides is 2. The second-order valence-electron chi connectivity index (χ2n) is 13.3. The van der Waals surface area contributed by atoms with Gasteiger partial charge in [0.2, 0.25) is 0 Å². The van der Waals surface area contributed by atoms with Gasteiger partial charge in [-0.15, -0.1) is 11.3 Å². The third-order valence-electron chi connectivity index (χ3n) is 9.27. The van der Waals surface area contributed by atoms with Gasteiger partial charge in [0, 0.05) is 35.3 Å². The molecule has 0 unspecified atom stereocenters. The number of hydrogen-bond acceptors (Lipinski definition) is 7. The van der Waals surface area contributed by atoms with Crippen LogP contribution in [0.3, 0.4) is 0 Å². The quantitative estimate of drug-likeness (QED) is 0.0807. The minimum Gasteiger partial charge on any atom is -0.493 e. The van der Waals surface area contributed by atoms with E-state index in [2.05, 4.69) is 25.3 Å². The number of H-pyrrole nitrogens is 2. The first kappa shape index (κ1) is 39.8. The smallest absolute Gasteiger partial charge is 0.412 e. The molecule has 5 aromatic carbocycles. The first-order chi connectivity index (χ1) is 29.0. The predicted octanol–water partition coefficient (Wildman–Crippen LogP) is 10.4. The summed E-state index contributed by atoms with van der Waals surface area (Å²) >= 11 is 1.43. The summed E-state index contributed by atoms with van der Waals surface area (Å²) in [6.45, 7) is 1.38. The number of rotatable bonds is 15. The minimum atomic E-state index is -0.977. The molecule has 0 saturated carbocycles. The molecule has 2 amide bonds. The van der Waals surface area contributed by atoms with Crippen molar-refractivity contribution in [2.45, 2.75) is 19.4 Å². The van der Waals surface area contributed by atoms with Crippen molar-refractivity contribution < 1.29 is 24.2 Å². The van der Waals surface area contributed by atoms with Crippen molar-refractivity contribution in [3.63, 3.8) is 0 Å². The summed E-state index contributed by atoms with van der Waals surface area (Å²) in [5.41, 5.74) is 8.39. The molecular formula is C47H42N6O5S. The molecular weight excluding hydrogens is 761 g/mol. The fraction of sp³-hybridized carbons (Fsp3) is 0.106. The number of aromatic amines is 2. The molecule has 296 valence electrons. The van der Waals surface area contributed by atoms with Gasteiger partial charge < -0.3 is 29.9 Å². The van der Waals surface area contributed by atoms with Crippen molar-refractivity contribution in [3.8, 4) is 34.0 Å². The van der Waals surface area contributed by atoms with E-state index in [1.54, 1.807) is 25.0 Å². The van der Waals surface area contributed by atoms with Crippen LogP contribution in [0.15, 0.2) is 170 Å². The fourth-order valence-corrected chi connectivity index (χ4v) is 6.85. The van der Waals surface area contributed by atoms with Crippen LogP contribution in [0, 0.1) is 0 Å². The van der Waals surface area contributed by atoms with E-state index in [0.29, 0.717) is 36.7 Å². The molecule has 0 aliphatic carbocycles. The third kappa shape index (κ3) is 11.1. The van der Waals surface area contributed by atoms with E-state index in [9.17, 15) is 14.7 Å². The van der Waals surface area contributed by atoms with Crippen molar-refractivity contribution >= 4 is 34.7 Å². The second kappa shape index (κ2) is 20.1. The molecule has 3 aromatic heterocycles. The standard InChI is InChI=1S/C25H23N3O3.C22H19N3O2S/c29-25(30)28(17-20-6-2-1-3-7-20)21-12-10-19(11-13-21)14-15-31-24-9-5-4-8-22(24)23-16-26-18-27-23;26-22(21-6-3-13-28-21)25-17-9-7-16(8-10-17)11-12-27-20-5-2-1-4-18(20)19-14-23-15-24-19/h1-13,16,18H,14-15,17H2,(H,26,27)(H,29,30);1-10,13-15H,11-12H2,(H,23,24)(H,25,26). The molecule has 0 aliphatic rings. The van der Waals surface area contributed by atoms with E-state index in [-0.39, 0.29) is 5.91 Å². The number of para-hydroxylation sites is 2. The van der Waals surface area contributed by atoms with Crippen LogP contribution in [0.5, 0.6) is 11.5 Å². The van der Waals surface area contributed by atoms with Gasteiger partial charge in [-0.25, -0.2) is 14.8 Å². The lowest BCUT2D eigenvalue weighted by Crippen LogP contribution is -2.28. The molecule has 0 radical (unpaired) electrons. The Morgan fingerprint density at radius 1 is 0.627 bits per heavy atom. The third-order valence-corrected chi connectivity index (χ3v) is 10.1. The average molecular weight is 803 g/mol. The highest BCUT2D eigenvalue weighted by Crippen LogP contribution is 2.29. The van der Waals surface area contributed by atoms with E-state index in [1.165, 1.54) is 16.2 Å². The highest BCUT2D eigenvalue weighted by atomic mass is 32.1. The molecule has 0 spiro atoms. The Bertz CT molecular complexity index is 2490. The number of ether oxygens (including phenoxy) is 2. The molecule has 59 heavy (non-hydrogen) atoms. The number of carbonyl (C=O) groups excluding carboxylic acids is 1. The Hall–Kier alpha value is -7.44. The van der Waals surface area contributed by atoms with Crippen molar-refractivity contribution in [2.75, 3.05) is 23.4 Å². The van der Waals surface area contributed by atoms with Crippen LogP contribution in [0.4, 0.5) is 16.2 Å². The zero-order valence-corrected chi connectivity index (χ0v) is 32.8. The summed E-state index contributed by atoms with van der Waals surface area (Å²) < 4.78 is 12.0. The maximum absolute atomic E-state index is 12.1. The number of benzene rings is 5. The van der Waals surface area contributed by atoms with Gasteiger partial charge in [-0.05, 0) is 76.7 Å². The van der Waals surface area contributed by atoms with Crippen LogP contribution in [-0.4, -0.2) is 50.3 Å². The van der Waals surface area contributed by atoms with Crippen molar-refractivity contribution in [2.24, 2.45) is 0 Å².